The number of ether oxygens (including phenoxy) is 2. The van der Waals surface area contributed by atoms with Gasteiger partial charge in [0.15, 0.2) is 0 Å². The van der Waals surface area contributed by atoms with Crippen molar-refractivity contribution in [3.05, 3.63) is 99.6 Å². The number of ketones is 1. The van der Waals surface area contributed by atoms with Crippen molar-refractivity contribution in [2.24, 2.45) is 0 Å². The van der Waals surface area contributed by atoms with Crippen molar-refractivity contribution in [3.8, 4) is 11.5 Å². The van der Waals surface area contributed by atoms with Crippen LogP contribution in [0.15, 0.2) is 66.2 Å². The van der Waals surface area contributed by atoms with Crippen molar-refractivity contribution in [2.45, 2.75) is 39.3 Å². The quantitative estimate of drug-likeness (QED) is 0.226. The third-order valence-corrected chi connectivity index (χ3v) is 6.98. The number of aromatic carboxylic acids is 1. The van der Waals surface area contributed by atoms with Gasteiger partial charge in [-0.2, -0.15) is 0 Å². The summed E-state index contributed by atoms with van der Waals surface area (Å²) in [7, 11) is 3.12. The lowest BCUT2D eigenvalue weighted by Gasteiger charge is -2.26. The van der Waals surface area contributed by atoms with Gasteiger partial charge >= 0.3 is 5.97 Å². The Morgan fingerprint density at radius 3 is 2.13 bits per heavy atom. The molecule has 1 fully saturated rings. The largest absolute Gasteiger partial charge is 0.507 e. The van der Waals surface area contributed by atoms with Crippen molar-refractivity contribution in [1.29, 1.82) is 0 Å². The molecule has 0 aromatic heterocycles. The van der Waals surface area contributed by atoms with Gasteiger partial charge in [0.05, 0.1) is 31.4 Å². The number of benzene rings is 3. The summed E-state index contributed by atoms with van der Waals surface area (Å²) in [4.78, 5) is 39.5. The van der Waals surface area contributed by atoms with Crippen molar-refractivity contribution < 1.29 is 34.1 Å². The summed E-state index contributed by atoms with van der Waals surface area (Å²) in [6, 6.07) is 15.8. The molecule has 8 nitrogen and oxygen atoms in total. The predicted octanol–water partition coefficient (Wildman–Crippen LogP) is 5.46. The fourth-order valence-corrected chi connectivity index (χ4v) is 4.85. The molecule has 1 aliphatic heterocycles. The van der Waals surface area contributed by atoms with Crippen LogP contribution in [-0.2, 0) is 16.1 Å². The van der Waals surface area contributed by atoms with Crippen molar-refractivity contribution in [1.82, 2.24) is 4.90 Å². The van der Waals surface area contributed by atoms with Crippen LogP contribution in [0.2, 0.25) is 0 Å². The Bertz CT molecular complexity index is 1450. The van der Waals surface area contributed by atoms with Crippen molar-refractivity contribution >= 4 is 23.4 Å². The molecule has 1 amide bonds. The molecule has 3 aromatic carbocycles. The molecule has 202 valence electrons. The topological polar surface area (TPSA) is 113 Å². The number of hydrogen-bond acceptors (Lipinski definition) is 6. The summed E-state index contributed by atoms with van der Waals surface area (Å²) < 4.78 is 10.8. The Balaban J connectivity index is 1.88. The number of methoxy groups -OCH3 is 2. The van der Waals surface area contributed by atoms with Gasteiger partial charge in [0, 0.05) is 12.1 Å². The highest BCUT2D eigenvalue weighted by atomic mass is 16.5. The monoisotopic (exact) mass is 529 g/mol. The van der Waals surface area contributed by atoms with E-state index in [1.54, 1.807) is 56.7 Å². The molecule has 8 heteroatoms. The molecule has 0 spiro atoms. The second kappa shape index (κ2) is 11.0. The van der Waals surface area contributed by atoms with Crippen LogP contribution in [0.3, 0.4) is 0 Å². The maximum absolute atomic E-state index is 13.5. The van der Waals surface area contributed by atoms with Gasteiger partial charge in [-0.1, -0.05) is 38.1 Å². The minimum atomic E-state index is -1.06. The Morgan fingerprint density at radius 1 is 0.949 bits per heavy atom. The number of aliphatic hydroxyl groups is 1. The van der Waals surface area contributed by atoms with Gasteiger partial charge in [0.1, 0.15) is 17.3 Å². The van der Waals surface area contributed by atoms with E-state index < -0.39 is 23.7 Å². The van der Waals surface area contributed by atoms with Crippen LogP contribution < -0.4 is 9.47 Å². The number of Topliss-reactive ketones (excluding diaryl/α,β-unsaturated/α-hetero) is 1. The lowest BCUT2D eigenvalue weighted by Crippen LogP contribution is -2.29. The van der Waals surface area contributed by atoms with Crippen LogP contribution in [0.25, 0.3) is 5.76 Å². The number of carboxylic acids is 1. The Kier molecular flexibility index (Phi) is 7.76. The van der Waals surface area contributed by atoms with Gasteiger partial charge in [-0.25, -0.2) is 4.79 Å². The minimum Gasteiger partial charge on any atom is -0.507 e. The van der Waals surface area contributed by atoms with Gasteiger partial charge in [-0.15, -0.1) is 0 Å². The molecule has 1 aliphatic rings. The number of aliphatic hydroxyl groups excluding tert-OH is 1. The number of rotatable bonds is 8. The number of amides is 1. The third-order valence-electron chi connectivity index (χ3n) is 6.98. The second-order valence-corrected chi connectivity index (χ2v) is 9.77. The number of carbonyl (C=O) groups excluding carboxylic acids is 2. The van der Waals surface area contributed by atoms with Crippen molar-refractivity contribution in [2.75, 3.05) is 14.2 Å². The zero-order valence-corrected chi connectivity index (χ0v) is 22.5. The fraction of sp³-hybridized carbons (Fsp3) is 0.258. The molecule has 3 aromatic rings. The van der Waals surface area contributed by atoms with E-state index in [1.807, 2.05) is 26.8 Å². The Hall–Kier alpha value is -4.59. The van der Waals surface area contributed by atoms with Crippen LogP contribution in [0.1, 0.15) is 64.0 Å². The van der Waals surface area contributed by atoms with Crippen molar-refractivity contribution in [3.63, 3.8) is 0 Å². The molecule has 2 N–H and O–H groups in total. The summed E-state index contributed by atoms with van der Waals surface area (Å²) >= 11 is 0. The van der Waals surface area contributed by atoms with Crippen LogP contribution in [0, 0.1) is 6.92 Å². The van der Waals surface area contributed by atoms with E-state index >= 15 is 0 Å². The third kappa shape index (κ3) is 5.23. The first-order valence-corrected chi connectivity index (χ1v) is 12.5. The lowest BCUT2D eigenvalue weighted by molar-refractivity contribution is -0.140. The number of carboxylic acid groups (broad SMARTS) is 1. The van der Waals surface area contributed by atoms with Gasteiger partial charge in [-0.3, -0.25) is 9.59 Å². The normalized spacial score (nSPS) is 16.6. The lowest BCUT2D eigenvalue weighted by atomic mass is 9.91. The zero-order chi connectivity index (χ0) is 28.4. The average Bonchev–Trinajstić information content (AvgIpc) is 3.17. The van der Waals surface area contributed by atoms with Gasteiger partial charge in [0.2, 0.25) is 0 Å². The second-order valence-electron chi connectivity index (χ2n) is 9.77. The Labute approximate surface area is 227 Å². The van der Waals surface area contributed by atoms with Crippen LogP contribution in [0.4, 0.5) is 0 Å². The summed E-state index contributed by atoms with van der Waals surface area (Å²) in [6.45, 7) is 5.85. The minimum absolute atomic E-state index is 0.0182. The summed E-state index contributed by atoms with van der Waals surface area (Å²) in [5.74, 6) is -1.51. The van der Waals surface area contributed by atoms with Crippen LogP contribution in [-0.4, -0.2) is 47.0 Å². The molecule has 1 atom stereocenters. The van der Waals surface area contributed by atoms with E-state index in [0.29, 0.717) is 33.8 Å². The van der Waals surface area contributed by atoms with Gasteiger partial charge in [0.25, 0.3) is 11.7 Å². The smallest absolute Gasteiger partial charge is 0.335 e. The predicted molar refractivity (Wildman–Crippen MR) is 146 cm³/mol. The Morgan fingerprint density at radius 2 is 1.59 bits per heavy atom. The summed E-state index contributed by atoms with van der Waals surface area (Å²) in [5, 5.41) is 20.8. The number of carbonyl (C=O) groups is 3. The summed E-state index contributed by atoms with van der Waals surface area (Å²) in [5.41, 5.74) is 3.36. The standard InChI is InChI=1S/C31H31NO7/c1-17(2)23-15-24(18(3)14-25(23)39-5)28(33)26-27(20-10-12-22(38-4)13-11-20)32(30(35)29(26)34)16-19-6-8-21(9-7-19)31(36)37/h6-15,17,27,33H,16H2,1-5H3,(H,36,37)/b28-26+. The maximum atomic E-state index is 13.5. The number of nitrogens with zero attached hydrogens (tertiary/aromatic N) is 1. The first-order chi connectivity index (χ1) is 18.6. The number of aryl methyl sites for hydroxylation is 1. The molecule has 1 unspecified atom stereocenters. The number of likely N-dealkylation sites (tertiary alicyclic amines) is 1. The van der Waals surface area contributed by atoms with E-state index in [9.17, 15) is 24.6 Å². The fourth-order valence-electron chi connectivity index (χ4n) is 4.85. The molecule has 0 aliphatic carbocycles. The average molecular weight is 530 g/mol. The van der Waals surface area contributed by atoms with E-state index in [-0.39, 0.29) is 29.4 Å². The molecular weight excluding hydrogens is 498 g/mol. The van der Waals surface area contributed by atoms with Gasteiger partial charge < -0.3 is 24.6 Å². The molecule has 1 saturated heterocycles. The molecule has 4 rings (SSSR count). The highest BCUT2D eigenvalue weighted by Gasteiger charge is 2.46. The SMILES string of the molecule is COc1ccc(C2/C(=C(\O)c3cc(C(C)C)c(OC)cc3C)C(=O)C(=O)N2Cc2ccc(C(=O)O)cc2)cc1. The zero-order valence-electron chi connectivity index (χ0n) is 22.5. The first-order valence-electron chi connectivity index (χ1n) is 12.5. The van der Waals surface area contributed by atoms with E-state index in [1.165, 1.54) is 17.0 Å². The van der Waals surface area contributed by atoms with E-state index in [4.69, 9.17) is 9.47 Å². The van der Waals surface area contributed by atoms with E-state index in [0.717, 1.165) is 5.56 Å². The molecule has 39 heavy (non-hydrogen) atoms. The molecule has 1 heterocycles. The molecular formula is C31H31NO7. The molecule has 0 saturated carbocycles. The molecule has 0 bridgehead atoms. The highest BCUT2D eigenvalue weighted by molar-refractivity contribution is 6.46. The van der Waals surface area contributed by atoms with E-state index in [2.05, 4.69) is 0 Å². The summed E-state index contributed by atoms with van der Waals surface area (Å²) in [6.07, 6.45) is 0. The van der Waals surface area contributed by atoms with Gasteiger partial charge in [-0.05, 0) is 71.5 Å². The first kappa shape index (κ1) is 27.4. The maximum Gasteiger partial charge on any atom is 0.335 e. The van der Waals surface area contributed by atoms with Crippen LogP contribution in [0.5, 0.6) is 11.5 Å². The highest BCUT2D eigenvalue weighted by Crippen LogP contribution is 2.42. The number of hydrogen-bond donors (Lipinski definition) is 2. The van der Waals surface area contributed by atoms with Crippen LogP contribution >= 0.6 is 0 Å². The molecule has 0 radical (unpaired) electrons.